The Morgan fingerprint density at radius 2 is 2.25 bits per heavy atom. The van der Waals surface area contributed by atoms with Gasteiger partial charge in [-0.3, -0.25) is 14.9 Å². The first-order chi connectivity index (χ1) is 7.58. The van der Waals surface area contributed by atoms with Crippen LogP contribution in [-0.4, -0.2) is 29.4 Å². The molecular formula is C10H10ClN3O2. The van der Waals surface area contributed by atoms with E-state index >= 15 is 0 Å². The van der Waals surface area contributed by atoms with Gasteiger partial charge >= 0.3 is 0 Å². The van der Waals surface area contributed by atoms with E-state index in [1.165, 1.54) is 0 Å². The lowest BCUT2D eigenvalue weighted by atomic mass is 10.2. The number of amides is 2. The van der Waals surface area contributed by atoms with Crippen molar-refractivity contribution in [2.24, 2.45) is 0 Å². The van der Waals surface area contributed by atoms with Crippen molar-refractivity contribution in [1.29, 1.82) is 0 Å². The summed E-state index contributed by atoms with van der Waals surface area (Å²) in [5.74, 6) is -0.119. The predicted octanol–water partition coefficient (Wildman–Crippen LogP) is 0.586. The van der Waals surface area contributed by atoms with Crippen molar-refractivity contribution in [3.63, 3.8) is 0 Å². The van der Waals surface area contributed by atoms with Crippen molar-refractivity contribution >= 4 is 29.2 Å². The number of aromatic nitrogens is 1. The second kappa shape index (κ2) is 4.09. The molecule has 0 saturated carbocycles. The number of carbonyl (C=O) groups excluding carboxylic acids is 2. The van der Waals surface area contributed by atoms with Crippen molar-refractivity contribution in [1.82, 2.24) is 10.3 Å². The highest BCUT2D eigenvalue weighted by Crippen LogP contribution is 2.18. The highest BCUT2D eigenvalue weighted by molar-refractivity contribution is 6.29. The van der Waals surface area contributed by atoms with Gasteiger partial charge in [-0.15, -0.1) is 0 Å². The number of rotatable bonds is 1. The average molecular weight is 240 g/mol. The molecule has 0 spiro atoms. The fourth-order valence-corrected chi connectivity index (χ4v) is 1.71. The number of hydrogen-bond donors (Lipinski definition) is 1. The highest BCUT2D eigenvalue weighted by Gasteiger charge is 2.30. The van der Waals surface area contributed by atoms with E-state index in [2.05, 4.69) is 10.3 Å². The normalized spacial score (nSPS) is 20.9. The number of nitrogens with one attached hydrogen (secondary N) is 1. The van der Waals surface area contributed by atoms with Crippen molar-refractivity contribution in [3.05, 3.63) is 23.4 Å². The third kappa shape index (κ3) is 1.99. The van der Waals surface area contributed by atoms with Gasteiger partial charge in [-0.05, 0) is 19.1 Å². The molecule has 2 amide bonds. The zero-order chi connectivity index (χ0) is 11.7. The first kappa shape index (κ1) is 10.9. The summed E-state index contributed by atoms with van der Waals surface area (Å²) in [6, 6.07) is 4.66. The van der Waals surface area contributed by atoms with E-state index in [0.717, 1.165) is 0 Å². The smallest absolute Gasteiger partial charge is 0.249 e. The van der Waals surface area contributed by atoms with Crippen LogP contribution in [0.15, 0.2) is 18.2 Å². The van der Waals surface area contributed by atoms with Crippen LogP contribution < -0.4 is 10.2 Å². The first-order valence-electron chi connectivity index (χ1n) is 4.81. The van der Waals surface area contributed by atoms with Crippen molar-refractivity contribution in [2.75, 3.05) is 11.4 Å². The van der Waals surface area contributed by atoms with Crippen LogP contribution in [0.3, 0.4) is 0 Å². The van der Waals surface area contributed by atoms with Crippen LogP contribution in [0.2, 0.25) is 5.15 Å². The van der Waals surface area contributed by atoms with Gasteiger partial charge in [0, 0.05) is 0 Å². The number of imide groups is 1. The maximum Gasteiger partial charge on any atom is 0.249 e. The number of hydrogen-bond acceptors (Lipinski definition) is 4. The second-order valence-electron chi connectivity index (χ2n) is 3.53. The Balaban J connectivity index is 2.32. The minimum absolute atomic E-state index is 0.111. The average Bonchev–Trinajstić information content (AvgIpc) is 2.23. The maximum absolute atomic E-state index is 11.4. The molecule has 0 bridgehead atoms. The van der Waals surface area contributed by atoms with Gasteiger partial charge in [0.1, 0.15) is 17.0 Å². The monoisotopic (exact) mass is 239 g/mol. The van der Waals surface area contributed by atoms with Gasteiger partial charge in [0.05, 0.1) is 6.54 Å². The lowest BCUT2D eigenvalue weighted by Gasteiger charge is -2.32. The standard InChI is InChI=1S/C10H10ClN3O2/c1-6-10(16)13-9(15)5-14(6)8-4-2-3-7(11)12-8/h2-4,6H,5H2,1H3,(H,13,15,16). The van der Waals surface area contributed by atoms with Crippen molar-refractivity contribution < 1.29 is 9.59 Å². The Hall–Kier alpha value is -1.62. The number of nitrogens with zero attached hydrogens (tertiary/aromatic N) is 2. The van der Waals surface area contributed by atoms with E-state index in [-0.39, 0.29) is 18.4 Å². The Labute approximate surface area is 97.4 Å². The maximum atomic E-state index is 11.4. The Morgan fingerprint density at radius 3 is 2.94 bits per heavy atom. The van der Waals surface area contributed by atoms with Gasteiger partial charge in [-0.1, -0.05) is 17.7 Å². The molecule has 1 aromatic rings. The van der Waals surface area contributed by atoms with E-state index in [4.69, 9.17) is 11.6 Å². The number of halogens is 1. The van der Waals surface area contributed by atoms with E-state index in [9.17, 15) is 9.59 Å². The largest absolute Gasteiger partial charge is 0.335 e. The molecule has 1 saturated heterocycles. The summed E-state index contributed by atoms with van der Waals surface area (Å²) in [6.07, 6.45) is 0. The van der Waals surface area contributed by atoms with Crippen LogP contribution in [0.5, 0.6) is 0 Å². The summed E-state index contributed by atoms with van der Waals surface area (Å²) in [5, 5.41) is 2.60. The molecule has 2 rings (SSSR count). The van der Waals surface area contributed by atoms with Gasteiger partial charge in [0.15, 0.2) is 0 Å². The second-order valence-corrected chi connectivity index (χ2v) is 3.92. The van der Waals surface area contributed by atoms with Gasteiger partial charge < -0.3 is 4.90 Å². The number of pyridine rings is 1. The molecule has 1 aromatic heterocycles. The third-order valence-corrected chi connectivity index (χ3v) is 2.63. The topological polar surface area (TPSA) is 62.3 Å². The van der Waals surface area contributed by atoms with Gasteiger partial charge in [-0.25, -0.2) is 4.98 Å². The molecule has 1 unspecified atom stereocenters. The predicted molar refractivity (Wildman–Crippen MR) is 59.2 cm³/mol. The van der Waals surface area contributed by atoms with E-state index in [0.29, 0.717) is 11.0 Å². The van der Waals surface area contributed by atoms with Crippen LogP contribution in [0.4, 0.5) is 5.82 Å². The molecule has 1 atom stereocenters. The minimum atomic E-state index is -0.427. The molecular weight excluding hydrogens is 230 g/mol. The zero-order valence-corrected chi connectivity index (χ0v) is 9.36. The SMILES string of the molecule is CC1C(=O)NC(=O)CN1c1cccc(Cl)n1. The fourth-order valence-electron chi connectivity index (χ4n) is 1.55. The Kier molecular flexibility index (Phi) is 2.78. The molecule has 1 aliphatic heterocycles. The van der Waals surface area contributed by atoms with Crippen LogP contribution >= 0.6 is 11.6 Å². The molecule has 0 aliphatic carbocycles. The van der Waals surface area contributed by atoms with Gasteiger partial charge in [0.2, 0.25) is 11.8 Å². The Bertz CT molecular complexity index is 449. The molecule has 2 heterocycles. The summed E-state index contributed by atoms with van der Waals surface area (Å²) < 4.78 is 0. The third-order valence-electron chi connectivity index (χ3n) is 2.42. The molecule has 16 heavy (non-hydrogen) atoms. The van der Waals surface area contributed by atoms with Crippen LogP contribution in [0.25, 0.3) is 0 Å². The van der Waals surface area contributed by atoms with Crippen LogP contribution in [0.1, 0.15) is 6.92 Å². The summed E-state index contributed by atoms with van der Waals surface area (Å²) in [4.78, 5) is 28.4. The number of anilines is 1. The molecule has 6 heteroatoms. The Morgan fingerprint density at radius 1 is 1.50 bits per heavy atom. The molecule has 1 aliphatic rings. The quantitative estimate of drug-likeness (QED) is 0.576. The lowest BCUT2D eigenvalue weighted by Crippen LogP contribution is -2.57. The summed E-state index contributed by atoms with van der Waals surface area (Å²) in [5.41, 5.74) is 0. The zero-order valence-electron chi connectivity index (χ0n) is 8.61. The molecule has 5 nitrogen and oxygen atoms in total. The number of carbonyl (C=O) groups is 2. The number of piperazine rings is 1. The molecule has 1 fully saturated rings. The van der Waals surface area contributed by atoms with E-state index < -0.39 is 6.04 Å². The van der Waals surface area contributed by atoms with E-state index in [1.807, 2.05) is 0 Å². The highest BCUT2D eigenvalue weighted by atomic mass is 35.5. The van der Waals surface area contributed by atoms with Gasteiger partial charge in [0.25, 0.3) is 0 Å². The van der Waals surface area contributed by atoms with Crippen molar-refractivity contribution in [3.8, 4) is 0 Å². The molecule has 0 radical (unpaired) electrons. The van der Waals surface area contributed by atoms with Crippen LogP contribution in [-0.2, 0) is 9.59 Å². The van der Waals surface area contributed by atoms with E-state index in [1.54, 1.807) is 30.0 Å². The molecule has 1 N–H and O–H groups in total. The summed E-state index contributed by atoms with van der Waals surface area (Å²) >= 11 is 5.76. The minimum Gasteiger partial charge on any atom is -0.335 e. The van der Waals surface area contributed by atoms with Crippen molar-refractivity contribution in [2.45, 2.75) is 13.0 Å². The summed E-state index contributed by atoms with van der Waals surface area (Å²) in [7, 11) is 0. The summed E-state index contributed by atoms with van der Waals surface area (Å²) in [6.45, 7) is 1.82. The molecule has 0 aromatic carbocycles. The fraction of sp³-hybridized carbons (Fsp3) is 0.300. The lowest BCUT2D eigenvalue weighted by molar-refractivity contribution is -0.132. The first-order valence-corrected chi connectivity index (χ1v) is 5.18. The van der Waals surface area contributed by atoms with Crippen LogP contribution in [0, 0.1) is 0 Å². The van der Waals surface area contributed by atoms with Gasteiger partial charge in [-0.2, -0.15) is 0 Å². The molecule has 84 valence electrons.